The van der Waals surface area contributed by atoms with E-state index in [-0.39, 0.29) is 5.91 Å². The van der Waals surface area contributed by atoms with E-state index in [1.807, 2.05) is 30.0 Å². The van der Waals surface area contributed by atoms with Gasteiger partial charge in [-0.05, 0) is 69.3 Å². The Morgan fingerprint density at radius 2 is 2.18 bits per heavy atom. The fraction of sp³-hybridized carbons (Fsp3) is 0.545. The number of benzene rings is 1. The first-order valence-electron chi connectivity index (χ1n) is 10.6. The molecule has 1 aliphatic carbocycles. The van der Waals surface area contributed by atoms with Crippen LogP contribution in [0.15, 0.2) is 18.2 Å². The second-order valence-electron chi connectivity index (χ2n) is 7.87. The first-order valence-corrected chi connectivity index (χ1v) is 10.6. The number of amides is 2. The molecule has 0 radical (unpaired) electrons. The first kappa shape index (κ1) is 19.0. The Morgan fingerprint density at radius 3 is 2.96 bits per heavy atom. The van der Waals surface area contributed by atoms with E-state index in [1.165, 1.54) is 16.6 Å². The van der Waals surface area contributed by atoms with Gasteiger partial charge in [0, 0.05) is 54.3 Å². The summed E-state index contributed by atoms with van der Waals surface area (Å²) in [5, 5.41) is 7.74. The highest BCUT2D eigenvalue weighted by Gasteiger charge is 2.25. The van der Waals surface area contributed by atoms with Gasteiger partial charge >= 0.3 is 0 Å². The van der Waals surface area contributed by atoms with Crippen LogP contribution in [0.2, 0.25) is 0 Å². The molecular formula is C22H30N4O2. The zero-order valence-corrected chi connectivity index (χ0v) is 16.6. The van der Waals surface area contributed by atoms with Crippen molar-refractivity contribution >= 4 is 22.7 Å². The zero-order chi connectivity index (χ0) is 19.5. The number of fused-ring (bicyclic) bond motifs is 3. The largest absolute Gasteiger partial charge is 0.357 e. The molecule has 3 N–H and O–H groups in total. The van der Waals surface area contributed by atoms with Crippen LogP contribution >= 0.6 is 0 Å². The predicted octanol–water partition coefficient (Wildman–Crippen LogP) is 2.90. The fourth-order valence-electron chi connectivity index (χ4n) is 4.56. The number of H-pyrrole nitrogens is 1. The Kier molecular flexibility index (Phi) is 5.67. The molecule has 1 aromatic heterocycles. The third-order valence-electron chi connectivity index (χ3n) is 5.97. The topological polar surface area (TPSA) is 77.2 Å². The van der Waals surface area contributed by atoms with Gasteiger partial charge in [0.05, 0.1) is 0 Å². The maximum atomic E-state index is 12.2. The Hall–Kier alpha value is -2.34. The number of carbonyl (C=O) groups is 2. The minimum absolute atomic E-state index is 0.0127. The summed E-state index contributed by atoms with van der Waals surface area (Å²) in [5.41, 5.74) is 4.45. The quantitative estimate of drug-likeness (QED) is 0.645. The van der Waals surface area contributed by atoms with Gasteiger partial charge < -0.3 is 20.5 Å². The highest BCUT2D eigenvalue weighted by molar-refractivity contribution is 5.99. The van der Waals surface area contributed by atoms with Crippen molar-refractivity contribution in [3.8, 4) is 0 Å². The standard InChI is InChI=1S/C22H30N4O2/c1-2-23-22(28)15-9-10-18-17(14-15)16-6-3-7-19(21(16)25-18)24-11-5-13-26-12-4-8-20(26)27/h9-10,14,19,24-25H,2-8,11-13H2,1H3,(H,23,28). The van der Waals surface area contributed by atoms with Crippen molar-refractivity contribution in [1.82, 2.24) is 20.5 Å². The van der Waals surface area contributed by atoms with Crippen LogP contribution in [-0.2, 0) is 11.2 Å². The van der Waals surface area contributed by atoms with E-state index < -0.39 is 0 Å². The van der Waals surface area contributed by atoms with Crippen molar-refractivity contribution < 1.29 is 9.59 Å². The van der Waals surface area contributed by atoms with Crippen molar-refractivity contribution in [3.63, 3.8) is 0 Å². The second kappa shape index (κ2) is 8.35. The molecule has 1 fully saturated rings. The molecule has 6 heteroatoms. The Balaban J connectivity index is 1.44. The first-order chi connectivity index (χ1) is 13.7. The number of nitrogens with zero attached hydrogens (tertiary/aromatic N) is 1. The third kappa shape index (κ3) is 3.78. The number of likely N-dealkylation sites (tertiary alicyclic amines) is 1. The lowest BCUT2D eigenvalue weighted by Crippen LogP contribution is -2.31. The van der Waals surface area contributed by atoms with E-state index in [9.17, 15) is 9.59 Å². The molecule has 28 heavy (non-hydrogen) atoms. The summed E-state index contributed by atoms with van der Waals surface area (Å²) in [6, 6.07) is 6.26. The molecule has 0 bridgehead atoms. The molecule has 2 amide bonds. The summed E-state index contributed by atoms with van der Waals surface area (Å²) < 4.78 is 0. The summed E-state index contributed by atoms with van der Waals surface area (Å²) in [5.74, 6) is 0.291. The van der Waals surface area contributed by atoms with E-state index in [2.05, 4.69) is 15.6 Å². The maximum absolute atomic E-state index is 12.2. The van der Waals surface area contributed by atoms with Gasteiger partial charge in [-0.1, -0.05) is 0 Å². The minimum atomic E-state index is -0.0127. The van der Waals surface area contributed by atoms with Gasteiger partial charge in [0.1, 0.15) is 0 Å². The predicted molar refractivity (Wildman–Crippen MR) is 110 cm³/mol. The minimum Gasteiger partial charge on any atom is -0.357 e. The molecule has 2 heterocycles. The number of hydrogen-bond acceptors (Lipinski definition) is 3. The average Bonchev–Trinajstić information content (AvgIpc) is 3.28. The molecule has 1 aliphatic heterocycles. The van der Waals surface area contributed by atoms with E-state index in [0.29, 0.717) is 24.9 Å². The Bertz CT molecular complexity index is 873. The highest BCUT2D eigenvalue weighted by Crippen LogP contribution is 2.35. The van der Waals surface area contributed by atoms with Gasteiger partial charge in [0.15, 0.2) is 0 Å². The molecule has 150 valence electrons. The smallest absolute Gasteiger partial charge is 0.251 e. The van der Waals surface area contributed by atoms with Crippen molar-refractivity contribution in [2.75, 3.05) is 26.2 Å². The summed E-state index contributed by atoms with van der Waals surface area (Å²) >= 11 is 0. The van der Waals surface area contributed by atoms with Gasteiger partial charge in [0.25, 0.3) is 5.91 Å². The van der Waals surface area contributed by atoms with Crippen molar-refractivity contribution in [2.24, 2.45) is 0 Å². The van der Waals surface area contributed by atoms with Crippen molar-refractivity contribution in [2.45, 2.75) is 51.5 Å². The van der Waals surface area contributed by atoms with E-state index in [1.54, 1.807) is 0 Å². The number of carbonyl (C=O) groups excluding carboxylic acids is 2. The van der Waals surface area contributed by atoms with Gasteiger partial charge in [-0.2, -0.15) is 0 Å². The highest BCUT2D eigenvalue weighted by atomic mass is 16.2. The molecule has 6 nitrogen and oxygen atoms in total. The summed E-state index contributed by atoms with van der Waals surface area (Å²) in [6.07, 6.45) is 6.02. The maximum Gasteiger partial charge on any atom is 0.251 e. The number of aromatic amines is 1. The number of rotatable bonds is 7. The lowest BCUT2D eigenvalue weighted by Gasteiger charge is -2.24. The van der Waals surface area contributed by atoms with Gasteiger partial charge in [-0.3, -0.25) is 9.59 Å². The van der Waals surface area contributed by atoms with Crippen molar-refractivity contribution in [3.05, 3.63) is 35.0 Å². The SMILES string of the molecule is CCNC(=O)c1ccc2[nH]c3c(c2c1)CCCC3NCCCN1CCCC1=O. The lowest BCUT2D eigenvalue weighted by atomic mass is 9.91. The second-order valence-corrected chi connectivity index (χ2v) is 7.87. The molecule has 4 rings (SSSR count). The number of nitrogens with one attached hydrogen (secondary N) is 3. The molecular weight excluding hydrogens is 352 g/mol. The van der Waals surface area contributed by atoms with Crippen molar-refractivity contribution in [1.29, 1.82) is 0 Å². The van der Waals surface area contributed by atoms with Crippen LogP contribution in [0.1, 0.15) is 66.7 Å². The van der Waals surface area contributed by atoms with E-state index in [0.717, 1.165) is 62.8 Å². The molecule has 2 aromatic rings. The molecule has 1 unspecified atom stereocenters. The number of aryl methyl sites for hydroxylation is 1. The monoisotopic (exact) mass is 382 g/mol. The molecule has 1 atom stereocenters. The number of aromatic nitrogens is 1. The Labute approximate surface area is 166 Å². The van der Waals surface area contributed by atoms with Gasteiger partial charge in [-0.15, -0.1) is 0 Å². The van der Waals surface area contributed by atoms with Gasteiger partial charge in [-0.25, -0.2) is 0 Å². The zero-order valence-electron chi connectivity index (χ0n) is 16.6. The lowest BCUT2D eigenvalue weighted by molar-refractivity contribution is -0.127. The molecule has 1 aromatic carbocycles. The van der Waals surface area contributed by atoms with E-state index >= 15 is 0 Å². The normalized spacial score (nSPS) is 19.2. The van der Waals surface area contributed by atoms with Gasteiger partial charge in [0.2, 0.25) is 5.91 Å². The summed E-state index contributed by atoms with van der Waals surface area (Å²) in [6.45, 7) is 5.26. The average molecular weight is 383 g/mol. The van der Waals surface area contributed by atoms with Crippen LogP contribution < -0.4 is 10.6 Å². The number of hydrogen-bond donors (Lipinski definition) is 3. The van der Waals surface area contributed by atoms with Crippen LogP contribution in [0.3, 0.4) is 0 Å². The van der Waals surface area contributed by atoms with Crippen LogP contribution in [0.5, 0.6) is 0 Å². The van der Waals surface area contributed by atoms with Crippen LogP contribution in [0, 0.1) is 0 Å². The third-order valence-corrected chi connectivity index (χ3v) is 5.97. The molecule has 0 spiro atoms. The Morgan fingerprint density at radius 1 is 1.29 bits per heavy atom. The summed E-state index contributed by atoms with van der Waals surface area (Å²) in [7, 11) is 0. The fourth-order valence-corrected chi connectivity index (χ4v) is 4.56. The molecule has 2 aliphatic rings. The van der Waals surface area contributed by atoms with Crippen LogP contribution in [0.25, 0.3) is 10.9 Å². The van der Waals surface area contributed by atoms with Crippen LogP contribution in [-0.4, -0.2) is 47.9 Å². The van der Waals surface area contributed by atoms with E-state index in [4.69, 9.17) is 0 Å². The molecule has 1 saturated heterocycles. The molecule has 0 saturated carbocycles. The van der Waals surface area contributed by atoms with Crippen LogP contribution in [0.4, 0.5) is 0 Å². The summed E-state index contributed by atoms with van der Waals surface area (Å²) in [4.78, 5) is 29.5.